The van der Waals surface area contributed by atoms with Crippen LogP contribution in [0.2, 0.25) is 5.02 Å². The molecular weight excluding hydrogens is 266 g/mol. The first-order chi connectivity index (χ1) is 7.80. The Morgan fingerprint density at radius 3 is 2.59 bits per heavy atom. The molecule has 5 nitrogen and oxygen atoms in total. The Kier molecular flexibility index (Phi) is 2.63. The van der Waals surface area contributed by atoms with E-state index in [1.165, 1.54) is 18.2 Å². The number of fused-ring (bicyclic) bond motifs is 1. The van der Waals surface area contributed by atoms with Crippen LogP contribution in [0.1, 0.15) is 0 Å². The van der Waals surface area contributed by atoms with E-state index in [4.69, 9.17) is 11.6 Å². The number of rotatable bonds is 1. The third kappa shape index (κ3) is 2.01. The lowest BCUT2D eigenvalue weighted by atomic mass is 10.2. The second kappa shape index (κ2) is 3.75. The van der Waals surface area contributed by atoms with Crippen LogP contribution in [0.25, 0.3) is 10.9 Å². The van der Waals surface area contributed by atoms with Crippen molar-refractivity contribution < 1.29 is 13.5 Å². The van der Waals surface area contributed by atoms with Gasteiger partial charge in [0.15, 0.2) is 14.7 Å². The largest absolute Gasteiger partial charge is 0.506 e. The third-order valence-corrected chi connectivity index (χ3v) is 3.63. The van der Waals surface area contributed by atoms with Crippen LogP contribution in [0.3, 0.4) is 0 Å². The molecule has 0 spiro atoms. The lowest BCUT2D eigenvalue weighted by Crippen LogP contribution is -2.16. The summed E-state index contributed by atoms with van der Waals surface area (Å²) in [6.07, 6.45) is 0.855. The van der Waals surface area contributed by atoms with Crippen LogP contribution in [-0.4, -0.2) is 24.8 Å². The summed E-state index contributed by atoms with van der Waals surface area (Å²) in [5.41, 5.74) is -0.524. The summed E-state index contributed by atoms with van der Waals surface area (Å²) in [6.45, 7) is 0. The number of nitrogens with one attached hydrogen (secondary N) is 1. The minimum atomic E-state index is -3.81. The van der Waals surface area contributed by atoms with Crippen LogP contribution in [0, 0.1) is 0 Å². The fourth-order valence-corrected chi connectivity index (χ4v) is 2.60. The SMILES string of the molecule is CS(=O)(=O)c1c(O)c2cc(Cl)ccc2[nH]c1=O. The molecule has 17 heavy (non-hydrogen) atoms. The number of H-pyrrole nitrogens is 1. The molecule has 2 rings (SSSR count). The van der Waals surface area contributed by atoms with Crippen molar-refractivity contribution in [1.29, 1.82) is 0 Å². The first-order valence-electron chi connectivity index (χ1n) is 4.55. The van der Waals surface area contributed by atoms with E-state index in [9.17, 15) is 18.3 Å². The second-order valence-corrected chi connectivity index (χ2v) is 5.98. The molecule has 0 unspecified atom stereocenters. The fraction of sp³-hybridized carbons (Fsp3) is 0.100. The summed E-state index contributed by atoms with van der Waals surface area (Å²) in [5.74, 6) is -0.575. The highest BCUT2D eigenvalue weighted by Gasteiger charge is 2.20. The molecule has 0 radical (unpaired) electrons. The number of hydrogen-bond acceptors (Lipinski definition) is 4. The lowest BCUT2D eigenvalue weighted by molar-refractivity contribution is 0.463. The molecule has 1 aromatic heterocycles. The Balaban J connectivity index is 3.03. The van der Waals surface area contributed by atoms with Gasteiger partial charge in [-0.1, -0.05) is 11.6 Å². The number of hydrogen-bond donors (Lipinski definition) is 2. The molecule has 1 aromatic carbocycles. The maximum atomic E-state index is 11.6. The summed E-state index contributed by atoms with van der Waals surface area (Å²) in [5, 5.41) is 10.4. The Labute approximate surface area is 102 Å². The van der Waals surface area contributed by atoms with Gasteiger partial charge in [-0.05, 0) is 18.2 Å². The van der Waals surface area contributed by atoms with E-state index < -0.39 is 26.0 Å². The summed E-state index contributed by atoms with van der Waals surface area (Å²) >= 11 is 5.74. The minimum Gasteiger partial charge on any atom is -0.506 e. The van der Waals surface area contributed by atoms with Gasteiger partial charge in [-0.3, -0.25) is 4.79 Å². The zero-order valence-corrected chi connectivity index (χ0v) is 10.3. The van der Waals surface area contributed by atoms with Crippen molar-refractivity contribution in [2.75, 3.05) is 6.26 Å². The number of aromatic hydroxyl groups is 1. The first kappa shape index (κ1) is 11.9. The van der Waals surface area contributed by atoms with Crippen LogP contribution in [-0.2, 0) is 9.84 Å². The smallest absolute Gasteiger partial charge is 0.271 e. The molecule has 0 saturated carbocycles. The van der Waals surface area contributed by atoms with Crippen molar-refractivity contribution in [3.8, 4) is 5.75 Å². The van der Waals surface area contributed by atoms with Gasteiger partial charge in [0, 0.05) is 16.7 Å². The molecule has 1 heterocycles. The molecule has 0 saturated heterocycles. The highest BCUT2D eigenvalue weighted by Crippen LogP contribution is 2.29. The Hall–Kier alpha value is -1.53. The monoisotopic (exact) mass is 273 g/mol. The van der Waals surface area contributed by atoms with Crippen molar-refractivity contribution in [3.63, 3.8) is 0 Å². The molecule has 0 aliphatic heterocycles. The van der Waals surface area contributed by atoms with E-state index in [1.807, 2.05) is 0 Å². The normalized spacial score (nSPS) is 11.9. The molecule has 0 aliphatic rings. The number of pyridine rings is 1. The van der Waals surface area contributed by atoms with E-state index in [0.29, 0.717) is 10.5 Å². The average molecular weight is 274 g/mol. The number of benzene rings is 1. The van der Waals surface area contributed by atoms with Gasteiger partial charge in [-0.2, -0.15) is 0 Å². The van der Waals surface area contributed by atoms with E-state index in [2.05, 4.69) is 4.98 Å². The maximum Gasteiger partial charge on any atom is 0.271 e. The van der Waals surface area contributed by atoms with E-state index >= 15 is 0 Å². The van der Waals surface area contributed by atoms with E-state index in [0.717, 1.165) is 6.26 Å². The Morgan fingerprint density at radius 1 is 1.35 bits per heavy atom. The number of aromatic nitrogens is 1. The average Bonchev–Trinajstić information content (AvgIpc) is 2.17. The maximum absolute atomic E-state index is 11.6. The Bertz CT molecular complexity index is 764. The van der Waals surface area contributed by atoms with Gasteiger partial charge < -0.3 is 10.1 Å². The van der Waals surface area contributed by atoms with Gasteiger partial charge in [0.2, 0.25) is 0 Å². The van der Waals surface area contributed by atoms with Gasteiger partial charge in [0.25, 0.3) is 5.56 Å². The Morgan fingerprint density at radius 2 is 2.00 bits per heavy atom. The van der Waals surface area contributed by atoms with Gasteiger partial charge in [0.05, 0.1) is 5.52 Å². The summed E-state index contributed by atoms with van der Waals surface area (Å²) < 4.78 is 22.8. The van der Waals surface area contributed by atoms with Crippen LogP contribution in [0.5, 0.6) is 5.75 Å². The van der Waals surface area contributed by atoms with Crippen LogP contribution >= 0.6 is 11.6 Å². The van der Waals surface area contributed by atoms with Gasteiger partial charge in [-0.25, -0.2) is 8.42 Å². The van der Waals surface area contributed by atoms with Crippen LogP contribution in [0.15, 0.2) is 27.9 Å². The fourth-order valence-electron chi connectivity index (χ4n) is 1.57. The topological polar surface area (TPSA) is 87.2 Å². The number of halogens is 1. The molecule has 0 fully saturated rings. The molecule has 90 valence electrons. The molecule has 2 N–H and O–H groups in total. The van der Waals surface area contributed by atoms with Crippen molar-refractivity contribution in [3.05, 3.63) is 33.6 Å². The van der Waals surface area contributed by atoms with Gasteiger partial charge in [0.1, 0.15) is 5.75 Å². The molecular formula is C10H8ClNO4S. The quantitative estimate of drug-likeness (QED) is 0.820. The molecule has 0 atom stereocenters. The third-order valence-electron chi connectivity index (χ3n) is 2.28. The molecule has 2 aromatic rings. The van der Waals surface area contributed by atoms with Crippen LogP contribution in [0.4, 0.5) is 0 Å². The number of aromatic amines is 1. The van der Waals surface area contributed by atoms with Gasteiger partial charge >= 0.3 is 0 Å². The predicted molar refractivity (Wildman–Crippen MR) is 64.4 cm³/mol. The highest BCUT2D eigenvalue weighted by molar-refractivity contribution is 7.90. The second-order valence-electron chi connectivity index (χ2n) is 3.59. The first-order valence-corrected chi connectivity index (χ1v) is 6.82. The molecule has 0 bridgehead atoms. The zero-order chi connectivity index (χ0) is 12.8. The predicted octanol–water partition coefficient (Wildman–Crippen LogP) is 1.29. The van der Waals surface area contributed by atoms with Crippen molar-refractivity contribution in [2.24, 2.45) is 0 Å². The van der Waals surface area contributed by atoms with Crippen molar-refractivity contribution >= 4 is 32.3 Å². The van der Waals surface area contributed by atoms with Crippen molar-refractivity contribution in [1.82, 2.24) is 4.98 Å². The summed E-state index contributed by atoms with van der Waals surface area (Å²) in [4.78, 5) is 13.3. The molecule has 7 heteroatoms. The summed E-state index contributed by atoms with van der Waals surface area (Å²) in [7, 11) is -3.81. The molecule has 0 amide bonds. The number of sulfone groups is 1. The van der Waals surface area contributed by atoms with Crippen molar-refractivity contribution in [2.45, 2.75) is 4.90 Å². The zero-order valence-electron chi connectivity index (χ0n) is 8.69. The van der Waals surface area contributed by atoms with Gasteiger partial charge in [-0.15, -0.1) is 0 Å². The lowest BCUT2D eigenvalue weighted by Gasteiger charge is -2.05. The van der Waals surface area contributed by atoms with E-state index in [1.54, 1.807) is 0 Å². The summed E-state index contributed by atoms with van der Waals surface area (Å²) in [6, 6.07) is 4.40. The standard InChI is InChI=1S/C10H8ClNO4S/c1-17(15,16)9-8(13)6-4-5(11)2-3-7(6)12-10(9)14/h2-4H,1H3,(H2,12,13,14). The minimum absolute atomic E-state index is 0.192. The van der Waals surface area contributed by atoms with E-state index in [-0.39, 0.29) is 5.39 Å². The van der Waals surface area contributed by atoms with Crippen LogP contribution < -0.4 is 5.56 Å². The highest BCUT2D eigenvalue weighted by atomic mass is 35.5. The molecule has 0 aliphatic carbocycles.